The first-order valence-corrected chi connectivity index (χ1v) is 7.37. The Morgan fingerprint density at radius 3 is 2.70 bits per heavy atom. The molecule has 0 atom stereocenters. The molecule has 0 spiro atoms. The molecule has 0 aliphatic heterocycles. The number of hydrogen-bond donors (Lipinski definition) is 1. The SMILES string of the molecule is Cc1cccc(/C=C/C(=O)OCC(=O)Nc2cccc(Cl)c2)c1. The van der Waals surface area contributed by atoms with Crippen molar-refractivity contribution < 1.29 is 14.3 Å². The fourth-order valence-electron chi connectivity index (χ4n) is 1.89. The normalized spacial score (nSPS) is 10.5. The second-order valence-corrected chi connectivity index (χ2v) is 5.35. The Morgan fingerprint density at radius 2 is 1.96 bits per heavy atom. The van der Waals surface area contributed by atoms with Gasteiger partial charge in [0, 0.05) is 16.8 Å². The Morgan fingerprint density at radius 1 is 1.17 bits per heavy atom. The summed E-state index contributed by atoms with van der Waals surface area (Å²) in [6.45, 7) is 1.61. The van der Waals surface area contributed by atoms with E-state index in [1.807, 2.05) is 31.2 Å². The highest BCUT2D eigenvalue weighted by atomic mass is 35.5. The number of esters is 1. The first-order chi connectivity index (χ1) is 11.0. The summed E-state index contributed by atoms with van der Waals surface area (Å²) in [5, 5.41) is 3.11. The van der Waals surface area contributed by atoms with Crippen LogP contribution in [0.4, 0.5) is 5.69 Å². The minimum Gasteiger partial charge on any atom is -0.452 e. The van der Waals surface area contributed by atoms with Gasteiger partial charge in [-0.05, 0) is 36.8 Å². The van der Waals surface area contributed by atoms with Gasteiger partial charge in [-0.15, -0.1) is 0 Å². The zero-order valence-corrected chi connectivity index (χ0v) is 13.3. The van der Waals surface area contributed by atoms with Crippen LogP contribution in [0.15, 0.2) is 54.6 Å². The lowest BCUT2D eigenvalue weighted by Crippen LogP contribution is -2.20. The summed E-state index contributed by atoms with van der Waals surface area (Å²) in [7, 11) is 0. The molecule has 1 amide bonds. The molecule has 2 rings (SSSR count). The van der Waals surface area contributed by atoms with Crippen LogP contribution in [0.1, 0.15) is 11.1 Å². The van der Waals surface area contributed by atoms with Crippen molar-refractivity contribution in [3.05, 3.63) is 70.8 Å². The van der Waals surface area contributed by atoms with Crippen LogP contribution in [0, 0.1) is 6.92 Å². The number of nitrogens with one attached hydrogen (secondary N) is 1. The van der Waals surface area contributed by atoms with Crippen LogP contribution in [0.5, 0.6) is 0 Å². The molecule has 0 fully saturated rings. The molecular weight excluding hydrogens is 314 g/mol. The molecule has 0 heterocycles. The first kappa shape index (κ1) is 16.8. The summed E-state index contributed by atoms with van der Waals surface area (Å²) in [6.07, 6.45) is 2.94. The van der Waals surface area contributed by atoms with Gasteiger partial charge >= 0.3 is 5.97 Å². The van der Waals surface area contributed by atoms with Gasteiger partial charge in [0.05, 0.1) is 0 Å². The number of carbonyl (C=O) groups excluding carboxylic acids is 2. The van der Waals surface area contributed by atoms with E-state index in [1.165, 1.54) is 6.08 Å². The van der Waals surface area contributed by atoms with E-state index in [0.717, 1.165) is 11.1 Å². The van der Waals surface area contributed by atoms with Gasteiger partial charge in [0.1, 0.15) is 0 Å². The molecule has 0 aliphatic rings. The van der Waals surface area contributed by atoms with Crippen molar-refractivity contribution in [1.82, 2.24) is 0 Å². The van der Waals surface area contributed by atoms with Gasteiger partial charge in [-0.2, -0.15) is 0 Å². The number of halogens is 1. The maximum atomic E-state index is 11.7. The lowest BCUT2D eigenvalue weighted by atomic mass is 10.1. The van der Waals surface area contributed by atoms with Gasteiger partial charge in [0.15, 0.2) is 6.61 Å². The van der Waals surface area contributed by atoms with Crippen LogP contribution < -0.4 is 5.32 Å². The predicted octanol–water partition coefficient (Wildman–Crippen LogP) is 3.84. The van der Waals surface area contributed by atoms with Gasteiger partial charge in [0.2, 0.25) is 0 Å². The van der Waals surface area contributed by atoms with E-state index in [1.54, 1.807) is 30.3 Å². The predicted molar refractivity (Wildman–Crippen MR) is 91.3 cm³/mol. The van der Waals surface area contributed by atoms with E-state index in [2.05, 4.69) is 5.32 Å². The van der Waals surface area contributed by atoms with Gasteiger partial charge in [-0.1, -0.05) is 47.5 Å². The fraction of sp³-hybridized carbons (Fsp3) is 0.111. The molecule has 0 saturated heterocycles. The third kappa shape index (κ3) is 5.96. The van der Waals surface area contributed by atoms with E-state index in [4.69, 9.17) is 16.3 Å². The van der Waals surface area contributed by atoms with Crippen LogP contribution >= 0.6 is 11.6 Å². The average molecular weight is 330 g/mol. The van der Waals surface area contributed by atoms with E-state index in [0.29, 0.717) is 10.7 Å². The number of amides is 1. The van der Waals surface area contributed by atoms with Crippen molar-refractivity contribution in [2.45, 2.75) is 6.92 Å². The van der Waals surface area contributed by atoms with Crippen molar-refractivity contribution in [3.63, 3.8) is 0 Å². The topological polar surface area (TPSA) is 55.4 Å². The number of aryl methyl sites for hydroxylation is 1. The van der Waals surface area contributed by atoms with Crippen molar-refractivity contribution in [3.8, 4) is 0 Å². The van der Waals surface area contributed by atoms with Crippen molar-refractivity contribution in [1.29, 1.82) is 0 Å². The molecule has 0 aliphatic carbocycles. The second-order valence-electron chi connectivity index (χ2n) is 4.91. The Labute approximate surface area is 139 Å². The molecule has 118 valence electrons. The third-order valence-corrected chi connectivity index (χ3v) is 3.14. The van der Waals surface area contributed by atoms with Gasteiger partial charge in [-0.3, -0.25) is 4.79 Å². The molecular formula is C18H16ClNO3. The molecule has 0 saturated carbocycles. The van der Waals surface area contributed by atoms with Gasteiger partial charge in [-0.25, -0.2) is 4.79 Å². The van der Waals surface area contributed by atoms with Crippen LogP contribution in [0.25, 0.3) is 6.08 Å². The largest absolute Gasteiger partial charge is 0.452 e. The smallest absolute Gasteiger partial charge is 0.331 e. The summed E-state index contributed by atoms with van der Waals surface area (Å²) in [4.78, 5) is 23.3. The molecule has 1 N–H and O–H groups in total. The third-order valence-electron chi connectivity index (χ3n) is 2.91. The molecule has 0 bridgehead atoms. The molecule has 23 heavy (non-hydrogen) atoms. The number of benzene rings is 2. The minimum atomic E-state index is -0.576. The summed E-state index contributed by atoms with van der Waals surface area (Å²) < 4.78 is 4.89. The monoisotopic (exact) mass is 329 g/mol. The zero-order chi connectivity index (χ0) is 16.7. The van der Waals surface area contributed by atoms with Crippen LogP contribution in [-0.2, 0) is 14.3 Å². The molecule has 2 aromatic rings. The number of anilines is 1. The first-order valence-electron chi connectivity index (χ1n) is 7.00. The number of rotatable bonds is 5. The van der Waals surface area contributed by atoms with Crippen LogP contribution in [0.3, 0.4) is 0 Å². The summed E-state index contributed by atoms with van der Waals surface area (Å²) >= 11 is 5.82. The maximum absolute atomic E-state index is 11.7. The molecule has 2 aromatic carbocycles. The minimum absolute atomic E-state index is 0.358. The summed E-state index contributed by atoms with van der Waals surface area (Å²) in [5.74, 6) is -1.00. The maximum Gasteiger partial charge on any atom is 0.331 e. The summed E-state index contributed by atoms with van der Waals surface area (Å²) in [5.41, 5.74) is 2.54. The second kappa shape index (κ2) is 8.15. The van der Waals surface area contributed by atoms with E-state index < -0.39 is 11.9 Å². The Hall–Kier alpha value is -2.59. The average Bonchev–Trinajstić information content (AvgIpc) is 2.51. The lowest BCUT2D eigenvalue weighted by molar-refractivity contribution is -0.142. The lowest BCUT2D eigenvalue weighted by Gasteiger charge is -2.05. The van der Waals surface area contributed by atoms with Crippen molar-refractivity contribution >= 4 is 35.2 Å². The molecule has 0 radical (unpaired) electrons. The molecule has 0 aromatic heterocycles. The molecule has 4 nitrogen and oxygen atoms in total. The Balaban J connectivity index is 1.81. The van der Waals surface area contributed by atoms with Crippen LogP contribution in [-0.4, -0.2) is 18.5 Å². The zero-order valence-electron chi connectivity index (χ0n) is 12.6. The standard InChI is InChI=1S/C18H16ClNO3/c1-13-4-2-5-14(10-13)8-9-18(22)23-12-17(21)20-16-7-3-6-15(19)11-16/h2-11H,12H2,1H3,(H,20,21)/b9-8+. The fourth-order valence-corrected chi connectivity index (χ4v) is 2.08. The summed E-state index contributed by atoms with van der Waals surface area (Å²) in [6, 6.07) is 14.4. The van der Waals surface area contributed by atoms with E-state index in [9.17, 15) is 9.59 Å². The number of hydrogen-bond acceptors (Lipinski definition) is 3. The number of ether oxygens (including phenoxy) is 1. The van der Waals surface area contributed by atoms with Crippen molar-refractivity contribution in [2.75, 3.05) is 11.9 Å². The molecule has 0 unspecified atom stereocenters. The highest BCUT2D eigenvalue weighted by Crippen LogP contribution is 2.14. The van der Waals surface area contributed by atoms with Gasteiger partial charge in [0.25, 0.3) is 5.91 Å². The van der Waals surface area contributed by atoms with E-state index in [-0.39, 0.29) is 6.61 Å². The quantitative estimate of drug-likeness (QED) is 0.669. The Bertz CT molecular complexity index is 741. The highest BCUT2D eigenvalue weighted by molar-refractivity contribution is 6.30. The van der Waals surface area contributed by atoms with Gasteiger partial charge < -0.3 is 10.1 Å². The molecule has 5 heteroatoms. The number of carbonyl (C=O) groups is 2. The van der Waals surface area contributed by atoms with Crippen molar-refractivity contribution in [2.24, 2.45) is 0 Å². The highest BCUT2D eigenvalue weighted by Gasteiger charge is 2.06. The Kier molecular flexibility index (Phi) is 5.94. The van der Waals surface area contributed by atoms with Crippen LogP contribution in [0.2, 0.25) is 5.02 Å². The van der Waals surface area contributed by atoms with E-state index >= 15 is 0 Å².